The molecule has 0 radical (unpaired) electrons. The van der Waals surface area contributed by atoms with Crippen molar-refractivity contribution in [1.82, 2.24) is 0 Å². The molecule has 0 aliphatic rings. The van der Waals surface area contributed by atoms with Gasteiger partial charge < -0.3 is 31.9 Å². The van der Waals surface area contributed by atoms with Crippen molar-refractivity contribution in [2.75, 3.05) is 6.54 Å². The zero-order chi connectivity index (χ0) is 10.2. The van der Waals surface area contributed by atoms with Crippen LogP contribution in [0, 0.1) is 0 Å². The molecule has 0 aromatic heterocycles. The van der Waals surface area contributed by atoms with E-state index < -0.39 is 23.7 Å². The Hall–Kier alpha value is -0.240. The van der Waals surface area contributed by atoms with E-state index in [1.165, 1.54) is 0 Å². The maximum Gasteiger partial charge on any atom is 0.184 e. The van der Waals surface area contributed by atoms with Gasteiger partial charge in [-0.1, -0.05) is 0 Å². The van der Waals surface area contributed by atoms with Crippen LogP contribution in [0.3, 0.4) is 0 Å². The number of nitrogens with two attached hydrogens (primary N) is 2. The first-order valence-corrected chi connectivity index (χ1v) is 3.44. The third kappa shape index (κ3) is 1.74. The summed E-state index contributed by atoms with van der Waals surface area (Å²) in [5.74, 6) is -4.92. The molecule has 0 bridgehead atoms. The summed E-state index contributed by atoms with van der Waals surface area (Å²) in [6, 6.07) is 0. The van der Waals surface area contributed by atoms with Crippen molar-refractivity contribution in [3.05, 3.63) is 0 Å². The van der Waals surface area contributed by atoms with Gasteiger partial charge in [-0.25, -0.2) is 0 Å². The van der Waals surface area contributed by atoms with Crippen molar-refractivity contribution >= 4 is 0 Å². The number of aliphatic hydroxyl groups is 4. The second-order valence-corrected chi connectivity index (χ2v) is 3.22. The molecule has 0 atom stereocenters. The van der Waals surface area contributed by atoms with E-state index in [9.17, 15) is 0 Å². The van der Waals surface area contributed by atoms with Crippen molar-refractivity contribution in [3.8, 4) is 0 Å². The van der Waals surface area contributed by atoms with E-state index in [0.717, 1.165) is 13.8 Å². The fourth-order valence-electron chi connectivity index (χ4n) is 0.835. The van der Waals surface area contributed by atoms with Crippen LogP contribution in [0.4, 0.5) is 0 Å². The van der Waals surface area contributed by atoms with Crippen LogP contribution in [0.5, 0.6) is 0 Å². The predicted octanol–water partition coefficient (Wildman–Crippen LogP) is -2.96. The molecular formula is C6H16N2O4. The molecule has 0 saturated carbocycles. The highest BCUT2D eigenvalue weighted by Gasteiger charge is 2.54. The van der Waals surface area contributed by atoms with E-state index in [-0.39, 0.29) is 0 Å². The molecule has 0 rings (SSSR count). The lowest BCUT2D eigenvalue weighted by Crippen LogP contribution is -2.74. The van der Waals surface area contributed by atoms with Crippen LogP contribution in [0.15, 0.2) is 0 Å². The van der Waals surface area contributed by atoms with Gasteiger partial charge in [-0.15, -0.1) is 0 Å². The highest BCUT2D eigenvalue weighted by molar-refractivity contribution is 5.03. The maximum absolute atomic E-state index is 9.10. The molecule has 0 aromatic carbocycles. The Morgan fingerprint density at radius 1 is 1.00 bits per heavy atom. The Morgan fingerprint density at radius 2 is 1.25 bits per heavy atom. The molecular weight excluding hydrogens is 164 g/mol. The predicted molar refractivity (Wildman–Crippen MR) is 41.7 cm³/mol. The highest BCUT2D eigenvalue weighted by atomic mass is 16.5. The Morgan fingerprint density at radius 3 is 1.25 bits per heavy atom. The molecule has 0 aromatic rings. The molecule has 12 heavy (non-hydrogen) atoms. The second-order valence-electron chi connectivity index (χ2n) is 3.22. The van der Waals surface area contributed by atoms with Crippen molar-refractivity contribution < 1.29 is 20.4 Å². The minimum absolute atomic E-state index is 0.472. The van der Waals surface area contributed by atoms with E-state index in [1.54, 1.807) is 0 Å². The summed E-state index contributed by atoms with van der Waals surface area (Å²) in [5.41, 5.74) is 8.36. The third-order valence-corrected chi connectivity index (χ3v) is 2.01. The van der Waals surface area contributed by atoms with Gasteiger partial charge in [-0.05, 0) is 13.8 Å². The minimum Gasteiger partial charge on any atom is -0.364 e. The third-order valence-electron chi connectivity index (χ3n) is 2.01. The Balaban J connectivity index is 4.95. The molecule has 0 aliphatic carbocycles. The van der Waals surface area contributed by atoms with Crippen LogP contribution in [0.2, 0.25) is 0 Å². The first-order valence-electron chi connectivity index (χ1n) is 3.44. The molecule has 0 heterocycles. The summed E-state index contributed by atoms with van der Waals surface area (Å²) in [6.45, 7) is 1.40. The number of rotatable bonds is 3. The molecule has 0 saturated heterocycles. The van der Waals surface area contributed by atoms with Crippen LogP contribution in [0.25, 0.3) is 0 Å². The van der Waals surface area contributed by atoms with Crippen molar-refractivity contribution in [2.45, 2.75) is 31.0 Å². The van der Waals surface area contributed by atoms with E-state index in [4.69, 9.17) is 31.9 Å². The van der Waals surface area contributed by atoms with Gasteiger partial charge in [0.25, 0.3) is 0 Å². The second kappa shape index (κ2) is 2.91. The molecule has 0 fully saturated rings. The smallest absolute Gasteiger partial charge is 0.184 e. The van der Waals surface area contributed by atoms with Crippen LogP contribution in [-0.4, -0.2) is 44.1 Å². The summed E-state index contributed by atoms with van der Waals surface area (Å²) >= 11 is 0. The monoisotopic (exact) mass is 180 g/mol. The fourth-order valence-corrected chi connectivity index (χ4v) is 0.835. The number of hydrogen-bond donors (Lipinski definition) is 6. The van der Waals surface area contributed by atoms with E-state index in [1.807, 2.05) is 0 Å². The first kappa shape index (κ1) is 11.8. The zero-order valence-corrected chi connectivity index (χ0v) is 7.15. The van der Waals surface area contributed by atoms with Crippen molar-refractivity contribution in [1.29, 1.82) is 0 Å². The lowest BCUT2D eigenvalue weighted by molar-refractivity contribution is -0.294. The molecule has 8 N–H and O–H groups in total. The van der Waals surface area contributed by atoms with Crippen LogP contribution < -0.4 is 11.5 Å². The summed E-state index contributed by atoms with van der Waals surface area (Å²) in [4.78, 5) is 0. The normalized spacial score (nSPS) is 15.0. The lowest BCUT2D eigenvalue weighted by atomic mass is 9.83. The molecule has 74 valence electrons. The van der Waals surface area contributed by atoms with Crippen molar-refractivity contribution in [2.24, 2.45) is 11.5 Å². The SMILES string of the molecule is CC(O)(O)C(N)(CN)C(C)(O)O. The summed E-state index contributed by atoms with van der Waals surface area (Å²) in [6.07, 6.45) is 0. The minimum atomic E-state index is -2.46. The molecule has 6 heteroatoms. The van der Waals surface area contributed by atoms with Gasteiger partial charge in [-0.3, -0.25) is 0 Å². The largest absolute Gasteiger partial charge is 0.364 e. The van der Waals surface area contributed by atoms with Gasteiger partial charge in [0, 0.05) is 6.54 Å². The molecule has 0 amide bonds. The number of hydrogen-bond acceptors (Lipinski definition) is 6. The summed E-state index contributed by atoms with van der Waals surface area (Å²) < 4.78 is 0. The standard InChI is InChI=1S/C6H16N2O4/c1-4(9,10)6(8,3-7)5(2,11)12/h9-12H,3,7-8H2,1-2H3. The van der Waals surface area contributed by atoms with Gasteiger partial charge >= 0.3 is 0 Å². The van der Waals surface area contributed by atoms with Gasteiger partial charge in [0.1, 0.15) is 5.54 Å². The van der Waals surface area contributed by atoms with Crippen LogP contribution in [0.1, 0.15) is 13.8 Å². The highest BCUT2D eigenvalue weighted by Crippen LogP contribution is 2.25. The topological polar surface area (TPSA) is 133 Å². The first-order chi connectivity index (χ1) is 5.06. The van der Waals surface area contributed by atoms with Gasteiger partial charge in [0.05, 0.1) is 0 Å². The Kier molecular flexibility index (Phi) is 2.85. The quantitative estimate of drug-likeness (QED) is 0.257. The van der Waals surface area contributed by atoms with Crippen LogP contribution >= 0.6 is 0 Å². The van der Waals surface area contributed by atoms with E-state index in [0.29, 0.717) is 0 Å². The van der Waals surface area contributed by atoms with E-state index in [2.05, 4.69) is 0 Å². The summed E-state index contributed by atoms with van der Waals surface area (Å²) in [5, 5.41) is 36.4. The molecule has 6 nitrogen and oxygen atoms in total. The lowest BCUT2D eigenvalue weighted by Gasteiger charge is -2.44. The van der Waals surface area contributed by atoms with Gasteiger partial charge in [0.15, 0.2) is 11.6 Å². The van der Waals surface area contributed by atoms with Crippen LogP contribution in [-0.2, 0) is 0 Å². The zero-order valence-electron chi connectivity index (χ0n) is 7.15. The summed E-state index contributed by atoms with van der Waals surface area (Å²) in [7, 11) is 0. The molecule has 0 spiro atoms. The average Bonchev–Trinajstić information content (AvgIpc) is 1.81. The maximum atomic E-state index is 9.10. The Bertz CT molecular complexity index is 144. The Labute approximate surface area is 70.4 Å². The van der Waals surface area contributed by atoms with Crippen molar-refractivity contribution in [3.63, 3.8) is 0 Å². The van der Waals surface area contributed by atoms with Gasteiger partial charge in [0.2, 0.25) is 0 Å². The molecule has 0 unspecified atom stereocenters. The molecule has 0 aliphatic heterocycles. The fraction of sp³-hybridized carbons (Fsp3) is 1.00. The van der Waals surface area contributed by atoms with Gasteiger partial charge in [-0.2, -0.15) is 0 Å². The average molecular weight is 180 g/mol. The van der Waals surface area contributed by atoms with E-state index >= 15 is 0 Å².